The maximum absolute atomic E-state index is 12.6. The average Bonchev–Trinajstić information content (AvgIpc) is 2.92. The second kappa shape index (κ2) is 7.62. The van der Waals surface area contributed by atoms with Crippen LogP contribution in [0.3, 0.4) is 0 Å². The van der Waals surface area contributed by atoms with Crippen LogP contribution in [-0.2, 0) is 6.42 Å². The number of carbonyl (C=O) groups excluding carboxylic acids is 1. The van der Waals surface area contributed by atoms with Crippen molar-refractivity contribution in [1.82, 2.24) is 0 Å². The number of thioether (sulfide) groups is 1. The monoisotopic (exact) mass is 352 g/mol. The molecule has 0 saturated carbocycles. The van der Waals surface area contributed by atoms with Gasteiger partial charge in [-0.15, -0.1) is 6.58 Å². The van der Waals surface area contributed by atoms with E-state index in [0.29, 0.717) is 18.8 Å². The molecule has 1 heterocycles. The van der Waals surface area contributed by atoms with Gasteiger partial charge in [-0.25, -0.2) is 0 Å². The number of Topliss-reactive ketones (excluding diaryl/α,β-unsaturated/α-hetero) is 1. The Morgan fingerprint density at radius 3 is 2.72 bits per heavy atom. The Morgan fingerprint density at radius 1 is 1.24 bits per heavy atom. The molecule has 0 aliphatic carbocycles. The maximum Gasteiger partial charge on any atom is 0.200 e. The first-order valence-corrected chi connectivity index (χ1v) is 8.97. The quantitative estimate of drug-likeness (QED) is 0.532. The highest BCUT2D eigenvalue weighted by Gasteiger charge is 2.25. The summed E-state index contributed by atoms with van der Waals surface area (Å²) in [7, 11) is 1.63. The Morgan fingerprint density at radius 2 is 2.04 bits per heavy atom. The third kappa shape index (κ3) is 3.49. The average molecular weight is 352 g/mol. The Hall–Kier alpha value is -2.46. The molecule has 0 unspecified atom stereocenters. The van der Waals surface area contributed by atoms with E-state index in [1.807, 2.05) is 55.5 Å². The fraction of sp³-hybridized carbons (Fsp3) is 0.190. The summed E-state index contributed by atoms with van der Waals surface area (Å²) in [5, 5.41) is 0. The molecule has 4 heteroatoms. The number of methoxy groups -OCH3 is 1. The van der Waals surface area contributed by atoms with Crippen LogP contribution in [0.1, 0.15) is 28.4 Å². The van der Waals surface area contributed by atoms with Gasteiger partial charge in [-0.05, 0) is 49.2 Å². The van der Waals surface area contributed by atoms with Crippen LogP contribution in [0, 0.1) is 0 Å². The molecule has 0 amide bonds. The summed E-state index contributed by atoms with van der Waals surface area (Å²) >= 11 is 1.51. The molecule has 3 nitrogen and oxygen atoms in total. The van der Waals surface area contributed by atoms with Gasteiger partial charge in [0.2, 0.25) is 5.78 Å². The first-order valence-electron chi connectivity index (χ1n) is 8.15. The highest BCUT2D eigenvalue weighted by molar-refractivity contribution is 8.04. The van der Waals surface area contributed by atoms with Gasteiger partial charge in [0, 0.05) is 16.0 Å². The first-order chi connectivity index (χ1) is 12.2. The summed E-state index contributed by atoms with van der Waals surface area (Å²) in [6.07, 6.45) is 4.42. The van der Waals surface area contributed by atoms with Gasteiger partial charge in [-0.2, -0.15) is 0 Å². The van der Waals surface area contributed by atoms with E-state index in [4.69, 9.17) is 9.47 Å². The van der Waals surface area contributed by atoms with Crippen molar-refractivity contribution in [3.8, 4) is 11.5 Å². The number of fused-ring (bicyclic) bond motifs is 1. The number of carbonyl (C=O) groups is 1. The van der Waals surface area contributed by atoms with Gasteiger partial charge in [-0.1, -0.05) is 30.0 Å². The number of hydrogen-bond acceptors (Lipinski definition) is 4. The standard InChI is InChI=1S/C21H20O3S/c1-4-8-15-11-14(12-17(24-5-2)21(15)23-3)13-19-20(22)16-9-6-7-10-18(16)25-19/h4,6-7,9-13H,1,5,8H2,2-3H3/b19-13-. The fourth-order valence-electron chi connectivity index (χ4n) is 2.86. The molecule has 0 N–H and O–H groups in total. The zero-order chi connectivity index (χ0) is 17.8. The topological polar surface area (TPSA) is 35.5 Å². The molecule has 0 radical (unpaired) electrons. The van der Waals surface area contributed by atoms with Crippen LogP contribution < -0.4 is 9.47 Å². The van der Waals surface area contributed by atoms with Crippen molar-refractivity contribution >= 4 is 23.6 Å². The second-order valence-corrected chi connectivity index (χ2v) is 6.66. The molecular formula is C21H20O3S. The maximum atomic E-state index is 12.6. The van der Waals surface area contributed by atoms with Gasteiger partial charge in [0.1, 0.15) is 0 Å². The van der Waals surface area contributed by atoms with Gasteiger partial charge < -0.3 is 9.47 Å². The fourth-order valence-corrected chi connectivity index (χ4v) is 3.91. The minimum absolute atomic E-state index is 0.0691. The first kappa shape index (κ1) is 17.4. The van der Waals surface area contributed by atoms with Crippen LogP contribution in [-0.4, -0.2) is 19.5 Å². The van der Waals surface area contributed by atoms with E-state index in [9.17, 15) is 4.79 Å². The van der Waals surface area contributed by atoms with Gasteiger partial charge in [0.05, 0.1) is 18.6 Å². The van der Waals surface area contributed by atoms with E-state index >= 15 is 0 Å². The van der Waals surface area contributed by atoms with Crippen LogP contribution in [0.15, 0.2) is 58.9 Å². The van der Waals surface area contributed by atoms with Gasteiger partial charge >= 0.3 is 0 Å². The molecule has 2 aromatic rings. The van der Waals surface area contributed by atoms with E-state index in [0.717, 1.165) is 32.2 Å². The predicted molar refractivity (Wildman–Crippen MR) is 103 cm³/mol. The van der Waals surface area contributed by atoms with Crippen molar-refractivity contribution in [3.05, 3.63) is 70.6 Å². The lowest BCUT2D eigenvalue weighted by molar-refractivity contribution is 0.104. The van der Waals surface area contributed by atoms with E-state index < -0.39 is 0 Å². The molecule has 0 atom stereocenters. The van der Waals surface area contributed by atoms with Crippen molar-refractivity contribution in [2.24, 2.45) is 0 Å². The van der Waals surface area contributed by atoms with E-state index in [1.165, 1.54) is 11.8 Å². The molecule has 2 aromatic carbocycles. The van der Waals surface area contributed by atoms with Gasteiger partial charge in [0.25, 0.3) is 0 Å². The molecular weight excluding hydrogens is 332 g/mol. The SMILES string of the molecule is C=CCc1cc(/C=C2\Sc3ccccc3C2=O)cc(OCC)c1OC. The van der Waals surface area contributed by atoms with Crippen LogP contribution in [0.5, 0.6) is 11.5 Å². The molecule has 1 aliphatic rings. The van der Waals surface area contributed by atoms with Crippen LogP contribution in [0.4, 0.5) is 0 Å². The highest BCUT2D eigenvalue weighted by atomic mass is 32.2. The Kier molecular flexibility index (Phi) is 5.29. The third-order valence-electron chi connectivity index (χ3n) is 3.90. The minimum Gasteiger partial charge on any atom is -0.493 e. The Balaban J connectivity index is 2.03. The summed E-state index contributed by atoms with van der Waals surface area (Å²) in [6, 6.07) is 11.6. The molecule has 128 valence electrons. The predicted octanol–water partition coefficient (Wildman–Crippen LogP) is 5.15. The summed E-state index contributed by atoms with van der Waals surface area (Å²) in [4.78, 5) is 14.3. The van der Waals surface area contributed by atoms with Crippen molar-refractivity contribution in [1.29, 1.82) is 0 Å². The zero-order valence-electron chi connectivity index (χ0n) is 14.4. The third-order valence-corrected chi connectivity index (χ3v) is 4.99. The van der Waals surface area contributed by atoms with E-state index in [2.05, 4.69) is 6.58 Å². The molecule has 3 rings (SSSR count). The van der Waals surface area contributed by atoms with Crippen molar-refractivity contribution in [2.75, 3.05) is 13.7 Å². The van der Waals surface area contributed by atoms with Crippen LogP contribution >= 0.6 is 11.8 Å². The lowest BCUT2D eigenvalue weighted by atomic mass is 10.0. The number of ketones is 1. The largest absolute Gasteiger partial charge is 0.493 e. The highest BCUT2D eigenvalue weighted by Crippen LogP contribution is 2.41. The summed E-state index contributed by atoms with van der Waals surface area (Å²) < 4.78 is 11.2. The molecule has 0 fully saturated rings. The van der Waals surface area contributed by atoms with Crippen molar-refractivity contribution in [2.45, 2.75) is 18.2 Å². The molecule has 0 spiro atoms. The molecule has 0 aromatic heterocycles. The van der Waals surface area contributed by atoms with E-state index in [1.54, 1.807) is 7.11 Å². The second-order valence-electron chi connectivity index (χ2n) is 5.57. The Bertz CT molecular complexity index is 852. The molecule has 25 heavy (non-hydrogen) atoms. The number of benzene rings is 2. The van der Waals surface area contributed by atoms with Crippen molar-refractivity contribution in [3.63, 3.8) is 0 Å². The van der Waals surface area contributed by atoms with Crippen molar-refractivity contribution < 1.29 is 14.3 Å². The smallest absolute Gasteiger partial charge is 0.200 e. The number of allylic oxidation sites excluding steroid dienone is 2. The zero-order valence-corrected chi connectivity index (χ0v) is 15.2. The molecule has 1 aliphatic heterocycles. The van der Waals surface area contributed by atoms with Crippen LogP contribution in [0.2, 0.25) is 0 Å². The van der Waals surface area contributed by atoms with Gasteiger partial charge in [-0.3, -0.25) is 4.79 Å². The number of rotatable bonds is 6. The Labute approximate surface area is 152 Å². The number of ether oxygens (including phenoxy) is 2. The van der Waals surface area contributed by atoms with Gasteiger partial charge in [0.15, 0.2) is 11.5 Å². The summed E-state index contributed by atoms with van der Waals surface area (Å²) in [5.41, 5.74) is 2.68. The normalized spacial score (nSPS) is 14.5. The summed E-state index contributed by atoms with van der Waals surface area (Å²) in [6.45, 7) is 6.29. The summed E-state index contributed by atoms with van der Waals surface area (Å²) in [5.74, 6) is 1.47. The molecule has 0 bridgehead atoms. The van der Waals surface area contributed by atoms with Crippen LogP contribution in [0.25, 0.3) is 6.08 Å². The molecule has 0 saturated heterocycles. The number of hydrogen-bond donors (Lipinski definition) is 0. The lowest BCUT2D eigenvalue weighted by Crippen LogP contribution is -2.00. The minimum atomic E-state index is 0.0691. The van der Waals surface area contributed by atoms with E-state index in [-0.39, 0.29) is 5.78 Å². The lowest BCUT2D eigenvalue weighted by Gasteiger charge is -2.14.